The van der Waals surface area contributed by atoms with Gasteiger partial charge >= 0.3 is 0 Å². The summed E-state index contributed by atoms with van der Waals surface area (Å²) in [5.74, 6) is 1.39. The Morgan fingerprint density at radius 2 is 1.45 bits per heavy atom. The van der Waals surface area contributed by atoms with Crippen molar-refractivity contribution in [2.45, 2.75) is 38.5 Å². The number of hydrogen-bond acceptors (Lipinski definition) is 5. The third kappa shape index (κ3) is 5.15. The van der Waals surface area contributed by atoms with Crippen LogP contribution in [0.15, 0.2) is 54.6 Å². The summed E-state index contributed by atoms with van der Waals surface area (Å²) < 4.78 is 12.9. The van der Waals surface area contributed by atoms with E-state index in [4.69, 9.17) is 21.1 Å². The van der Waals surface area contributed by atoms with Gasteiger partial charge in [0, 0.05) is 19.2 Å². The Hall–Kier alpha value is -2.41. The van der Waals surface area contributed by atoms with Crippen LogP contribution in [-0.4, -0.2) is 29.1 Å². The van der Waals surface area contributed by atoms with Crippen LogP contribution in [0.25, 0.3) is 0 Å². The summed E-state index contributed by atoms with van der Waals surface area (Å²) in [4.78, 5) is 0. The zero-order chi connectivity index (χ0) is 20.8. The fourth-order valence-electron chi connectivity index (χ4n) is 3.12. The van der Waals surface area contributed by atoms with E-state index in [9.17, 15) is 0 Å². The monoisotopic (exact) mass is 414 g/mol. The molecule has 0 amide bonds. The van der Waals surface area contributed by atoms with Crippen LogP contribution < -0.4 is 5.43 Å². The van der Waals surface area contributed by atoms with Crippen molar-refractivity contribution >= 4 is 11.6 Å². The lowest BCUT2D eigenvalue weighted by atomic mass is 9.99. The first-order valence-corrected chi connectivity index (χ1v) is 9.98. The third-order valence-corrected chi connectivity index (χ3v) is 5.24. The Labute approximate surface area is 176 Å². The zero-order valence-corrected chi connectivity index (χ0v) is 17.9. The second kappa shape index (κ2) is 9.87. The molecule has 154 valence electrons. The largest absolute Gasteiger partial charge is 0.374 e. The Bertz CT molecular complexity index is 871. The molecule has 0 bridgehead atoms. The van der Waals surface area contributed by atoms with E-state index in [0.717, 1.165) is 12.0 Å². The lowest BCUT2D eigenvalue weighted by Crippen LogP contribution is -2.28. The summed E-state index contributed by atoms with van der Waals surface area (Å²) in [6.45, 7) is 3.88. The first-order valence-electron chi connectivity index (χ1n) is 9.60. The Kier molecular flexibility index (Phi) is 7.25. The summed E-state index contributed by atoms with van der Waals surface area (Å²) in [6, 6.07) is 18.2. The van der Waals surface area contributed by atoms with E-state index in [1.165, 1.54) is 5.56 Å². The van der Waals surface area contributed by atoms with Gasteiger partial charge in [-0.3, -0.25) is 0 Å². The molecule has 3 unspecified atom stereocenters. The summed E-state index contributed by atoms with van der Waals surface area (Å²) >= 11 is 6.11. The molecule has 7 heteroatoms. The van der Waals surface area contributed by atoms with E-state index in [0.29, 0.717) is 16.7 Å². The molecule has 0 saturated heterocycles. The molecule has 0 saturated carbocycles. The fraction of sp³-hybridized carbons (Fsp3) is 0.364. The molecule has 29 heavy (non-hydrogen) atoms. The van der Waals surface area contributed by atoms with Crippen molar-refractivity contribution in [2.75, 3.05) is 19.6 Å². The lowest BCUT2D eigenvalue weighted by Gasteiger charge is -2.25. The smallest absolute Gasteiger partial charge is 0.180 e. The maximum Gasteiger partial charge on any atom is 0.180 e. The van der Waals surface area contributed by atoms with Gasteiger partial charge in [0.15, 0.2) is 11.6 Å². The first-order chi connectivity index (χ1) is 14.0. The van der Waals surface area contributed by atoms with Crippen LogP contribution in [0.4, 0.5) is 0 Å². The summed E-state index contributed by atoms with van der Waals surface area (Å²) in [5.41, 5.74) is 5.93. The molecule has 0 radical (unpaired) electrons. The second-order valence-corrected chi connectivity index (χ2v) is 7.37. The SMILES string of the molecule is COC(C)c1nnc(C(C)OC)n1NC(Cc1ccccc1)c1ccc(Cl)cc1. The molecule has 1 heterocycles. The molecule has 2 aromatic carbocycles. The van der Waals surface area contributed by atoms with Crippen LogP contribution in [-0.2, 0) is 15.9 Å². The van der Waals surface area contributed by atoms with Crippen LogP contribution in [0, 0.1) is 0 Å². The van der Waals surface area contributed by atoms with Crippen LogP contribution in [0.5, 0.6) is 0 Å². The van der Waals surface area contributed by atoms with Crippen LogP contribution in [0.3, 0.4) is 0 Å². The Morgan fingerprint density at radius 3 is 1.97 bits per heavy atom. The number of nitrogens with one attached hydrogen (secondary N) is 1. The molecule has 0 aliphatic heterocycles. The number of methoxy groups -OCH3 is 2. The highest BCUT2D eigenvalue weighted by Gasteiger charge is 2.24. The van der Waals surface area contributed by atoms with Crippen molar-refractivity contribution in [1.29, 1.82) is 0 Å². The van der Waals surface area contributed by atoms with E-state index in [1.54, 1.807) is 14.2 Å². The van der Waals surface area contributed by atoms with E-state index in [2.05, 4.69) is 27.8 Å². The number of hydrogen-bond donors (Lipinski definition) is 1. The highest BCUT2D eigenvalue weighted by atomic mass is 35.5. The molecule has 3 rings (SSSR count). The third-order valence-electron chi connectivity index (χ3n) is 4.99. The molecule has 1 N–H and O–H groups in total. The molecule has 3 aromatic rings. The van der Waals surface area contributed by atoms with Crippen molar-refractivity contribution in [1.82, 2.24) is 14.9 Å². The molecule has 1 aromatic heterocycles. The van der Waals surface area contributed by atoms with Crippen LogP contribution >= 0.6 is 11.6 Å². The number of rotatable bonds is 9. The van der Waals surface area contributed by atoms with E-state index in [-0.39, 0.29) is 18.2 Å². The number of aromatic nitrogens is 3. The standard InChI is InChI=1S/C22H27ClN4O2/c1-15(28-3)21-24-25-22(16(2)29-4)27(21)26-20(14-17-8-6-5-7-9-17)18-10-12-19(23)13-11-18/h5-13,15-16,20,26H,14H2,1-4H3. The predicted octanol–water partition coefficient (Wildman–Crippen LogP) is 4.87. The van der Waals surface area contributed by atoms with Crippen molar-refractivity contribution in [2.24, 2.45) is 0 Å². The van der Waals surface area contributed by atoms with Crippen LogP contribution in [0.2, 0.25) is 5.02 Å². The lowest BCUT2D eigenvalue weighted by molar-refractivity contribution is 0.101. The molecular weight excluding hydrogens is 388 g/mol. The molecule has 0 fully saturated rings. The average molecular weight is 415 g/mol. The predicted molar refractivity (Wildman–Crippen MR) is 115 cm³/mol. The maximum atomic E-state index is 6.11. The minimum absolute atomic E-state index is 0.0312. The average Bonchev–Trinajstić information content (AvgIpc) is 3.17. The van der Waals surface area contributed by atoms with Gasteiger partial charge in [-0.1, -0.05) is 54.1 Å². The van der Waals surface area contributed by atoms with E-state index >= 15 is 0 Å². The van der Waals surface area contributed by atoms with Gasteiger partial charge in [-0.05, 0) is 43.5 Å². The van der Waals surface area contributed by atoms with Crippen molar-refractivity contribution in [3.8, 4) is 0 Å². The minimum Gasteiger partial charge on any atom is -0.374 e. The molecule has 0 aliphatic carbocycles. The number of nitrogens with zero attached hydrogens (tertiary/aromatic N) is 3. The van der Waals surface area contributed by atoms with Gasteiger partial charge < -0.3 is 14.9 Å². The highest BCUT2D eigenvalue weighted by Crippen LogP contribution is 2.25. The molecular formula is C22H27ClN4O2. The van der Waals surface area contributed by atoms with Crippen molar-refractivity contribution in [3.05, 3.63) is 82.4 Å². The van der Waals surface area contributed by atoms with E-state index in [1.807, 2.05) is 61.0 Å². The summed E-state index contributed by atoms with van der Waals surface area (Å²) in [7, 11) is 3.31. The molecule has 0 aliphatic rings. The minimum atomic E-state index is -0.226. The van der Waals surface area contributed by atoms with Gasteiger partial charge in [0.1, 0.15) is 12.2 Å². The highest BCUT2D eigenvalue weighted by molar-refractivity contribution is 6.30. The van der Waals surface area contributed by atoms with E-state index < -0.39 is 0 Å². The summed E-state index contributed by atoms with van der Waals surface area (Å²) in [5, 5.41) is 9.40. The molecule has 0 spiro atoms. The zero-order valence-electron chi connectivity index (χ0n) is 17.2. The van der Waals surface area contributed by atoms with Gasteiger partial charge in [0.2, 0.25) is 0 Å². The van der Waals surface area contributed by atoms with Gasteiger partial charge in [-0.2, -0.15) is 0 Å². The fourth-order valence-corrected chi connectivity index (χ4v) is 3.24. The van der Waals surface area contributed by atoms with Gasteiger partial charge in [-0.15, -0.1) is 10.2 Å². The van der Waals surface area contributed by atoms with Crippen molar-refractivity contribution in [3.63, 3.8) is 0 Å². The normalized spacial score (nSPS) is 14.4. The maximum absolute atomic E-state index is 6.11. The Balaban J connectivity index is 2.00. The van der Waals surface area contributed by atoms with Gasteiger partial charge in [0.25, 0.3) is 0 Å². The van der Waals surface area contributed by atoms with Crippen molar-refractivity contribution < 1.29 is 9.47 Å². The molecule has 3 atom stereocenters. The molecule has 6 nitrogen and oxygen atoms in total. The van der Waals surface area contributed by atoms with Crippen LogP contribution in [0.1, 0.15) is 54.9 Å². The quantitative estimate of drug-likeness (QED) is 0.541. The number of halogens is 1. The Morgan fingerprint density at radius 1 is 0.897 bits per heavy atom. The van der Waals surface area contributed by atoms with Gasteiger partial charge in [0.05, 0.1) is 6.04 Å². The topological polar surface area (TPSA) is 61.2 Å². The summed E-state index contributed by atoms with van der Waals surface area (Å²) in [6.07, 6.45) is 0.327. The van der Waals surface area contributed by atoms with Gasteiger partial charge in [-0.25, -0.2) is 4.68 Å². The number of benzene rings is 2. The first kappa shape index (κ1) is 21.3. The second-order valence-electron chi connectivity index (χ2n) is 6.93. The number of ether oxygens (including phenoxy) is 2.